The highest BCUT2D eigenvalue weighted by Crippen LogP contribution is 2.44. The van der Waals surface area contributed by atoms with E-state index in [0.29, 0.717) is 19.3 Å². The first-order valence-corrected chi connectivity index (χ1v) is 12.4. The van der Waals surface area contributed by atoms with Crippen LogP contribution >= 0.6 is 11.6 Å². The Morgan fingerprint density at radius 1 is 1.30 bits per heavy atom. The number of urea groups is 1. The fraction of sp³-hybridized carbons (Fsp3) is 0.630. The molecule has 2 unspecified atom stereocenters. The molecule has 2 N–H and O–H groups in total. The zero-order valence-electron chi connectivity index (χ0n) is 21.1. The van der Waals surface area contributed by atoms with Crippen molar-refractivity contribution < 1.29 is 14.7 Å². The van der Waals surface area contributed by atoms with Gasteiger partial charge in [-0.05, 0) is 80.1 Å². The van der Waals surface area contributed by atoms with Gasteiger partial charge < -0.3 is 10.4 Å². The molecule has 1 aromatic rings. The number of carboxylic acid groups (broad SMARTS) is 1. The van der Waals surface area contributed by atoms with Crippen LogP contribution in [0.15, 0.2) is 30.0 Å². The zero-order valence-corrected chi connectivity index (χ0v) is 21.8. The average Bonchev–Trinajstić information content (AvgIpc) is 3.09. The van der Waals surface area contributed by atoms with Gasteiger partial charge >= 0.3 is 12.0 Å². The normalized spacial score (nSPS) is 28.2. The number of hydrogen-bond donors (Lipinski definition) is 2. The number of nitrogens with one attached hydrogen (secondary N) is 1. The van der Waals surface area contributed by atoms with E-state index in [-0.39, 0.29) is 17.4 Å². The lowest BCUT2D eigenvalue weighted by atomic mass is 9.77. The van der Waals surface area contributed by atoms with Crippen molar-refractivity contribution in [2.45, 2.75) is 91.6 Å². The molecular formula is C27H39ClN2O3. The Morgan fingerprint density at radius 2 is 1.97 bits per heavy atom. The quantitative estimate of drug-likeness (QED) is 0.479. The van der Waals surface area contributed by atoms with Gasteiger partial charge in [-0.2, -0.15) is 0 Å². The summed E-state index contributed by atoms with van der Waals surface area (Å²) in [6.07, 6.45) is 5.64. The van der Waals surface area contributed by atoms with Crippen LogP contribution in [0.4, 0.5) is 4.79 Å². The third-order valence-corrected chi connectivity index (χ3v) is 7.82. The van der Waals surface area contributed by atoms with Crippen LogP contribution in [0.2, 0.25) is 5.02 Å². The first-order chi connectivity index (χ1) is 15.2. The van der Waals surface area contributed by atoms with Crippen LogP contribution in [0.1, 0.15) is 85.3 Å². The second-order valence-corrected chi connectivity index (χ2v) is 12.2. The minimum atomic E-state index is -0.782. The second kappa shape index (κ2) is 8.98. The summed E-state index contributed by atoms with van der Waals surface area (Å²) in [4.78, 5) is 26.6. The van der Waals surface area contributed by atoms with Gasteiger partial charge in [0, 0.05) is 16.8 Å². The van der Waals surface area contributed by atoms with Crippen molar-refractivity contribution in [2.75, 3.05) is 0 Å². The summed E-state index contributed by atoms with van der Waals surface area (Å²) in [5, 5.41) is 13.4. The maximum atomic E-state index is 13.4. The van der Waals surface area contributed by atoms with Crippen LogP contribution < -0.4 is 5.32 Å². The largest absolute Gasteiger partial charge is 0.481 e. The molecule has 0 bridgehead atoms. The predicted octanol–water partition coefficient (Wildman–Crippen LogP) is 6.74. The molecule has 1 aliphatic heterocycles. The Hall–Kier alpha value is -2.01. The Balaban J connectivity index is 1.95. The summed E-state index contributed by atoms with van der Waals surface area (Å²) < 4.78 is 0. The minimum absolute atomic E-state index is 0.178. The number of halogens is 1. The van der Waals surface area contributed by atoms with E-state index in [0.717, 1.165) is 34.6 Å². The summed E-state index contributed by atoms with van der Waals surface area (Å²) in [5.74, 6) is -1.01. The van der Waals surface area contributed by atoms with E-state index in [9.17, 15) is 14.7 Å². The maximum absolute atomic E-state index is 13.4. The van der Waals surface area contributed by atoms with E-state index in [1.165, 1.54) is 0 Å². The molecule has 1 aliphatic carbocycles. The van der Waals surface area contributed by atoms with E-state index in [1.807, 2.05) is 26.1 Å². The molecular weight excluding hydrogens is 436 g/mol. The molecule has 3 rings (SSSR count). The van der Waals surface area contributed by atoms with Gasteiger partial charge in [0.1, 0.15) is 0 Å². The summed E-state index contributed by atoms with van der Waals surface area (Å²) in [7, 11) is 0. The van der Waals surface area contributed by atoms with Gasteiger partial charge in [0.2, 0.25) is 0 Å². The third-order valence-electron chi connectivity index (χ3n) is 7.47. The zero-order chi connectivity index (χ0) is 24.8. The van der Waals surface area contributed by atoms with Crippen LogP contribution in [-0.2, 0) is 16.8 Å². The Bertz CT molecular complexity index is 965. The molecule has 0 spiro atoms. The predicted molar refractivity (Wildman–Crippen MR) is 133 cm³/mol. The van der Waals surface area contributed by atoms with Crippen LogP contribution in [0.3, 0.4) is 0 Å². The summed E-state index contributed by atoms with van der Waals surface area (Å²) >= 11 is 6.71. The smallest absolute Gasteiger partial charge is 0.322 e. The average molecular weight is 475 g/mol. The monoisotopic (exact) mass is 474 g/mol. The SMILES string of the molecule is CC(C)C1=CN(C2(C)CCC(C(=O)O)C2)C(=O)N[C@@]1(C)c1ccc(CCC(C)(C)C)c(Cl)c1. The number of carbonyl (C=O) groups is 2. The van der Waals surface area contributed by atoms with E-state index >= 15 is 0 Å². The molecule has 1 fully saturated rings. The lowest BCUT2D eigenvalue weighted by Gasteiger charge is -2.47. The Labute approximate surface area is 203 Å². The molecule has 0 aromatic heterocycles. The van der Waals surface area contributed by atoms with Crippen molar-refractivity contribution in [3.63, 3.8) is 0 Å². The second-order valence-electron chi connectivity index (χ2n) is 11.8. The van der Waals surface area contributed by atoms with Crippen LogP contribution in [0, 0.1) is 17.3 Å². The first-order valence-electron chi connectivity index (χ1n) is 12.0. The molecule has 6 heteroatoms. The molecule has 0 saturated heterocycles. The van der Waals surface area contributed by atoms with Crippen molar-refractivity contribution >= 4 is 23.6 Å². The van der Waals surface area contributed by atoms with Crippen molar-refractivity contribution in [2.24, 2.45) is 17.3 Å². The Kier molecular flexibility index (Phi) is 6.97. The summed E-state index contributed by atoms with van der Waals surface area (Å²) in [6, 6.07) is 5.96. The summed E-state index contributed by atoms with van der Waals surface area (Å²) in [6.45, 7) is 14.9. The molecule has 182 valence electrons. The minimum Gasteiger partial charge on any atom is -0.481 e. The highest BCUT2D eigenvalue weighted by atomic mass is 35.5. The van der Waals surface area contributed by atoms with Gasteiger partial charge in [0.15, 0.2) is 0 Å². The van der Waals surface area contributed by atoms with E-state index < -0.39 is 23.0 Å². The number of nitrogens with zero attached hydrogens (tertiary/aromatic N) is 1. The lowest BCUT2D eigenvalue weighted by molar-refractivity contribution is -0.141. The fourth-order valence-electron chi connectivity index (χ4n) is 5.26. The highest BCUT2D eigenvalue weighted by Gasteiger charge is 2.48. The van der Waals surface area contributed by atoms with Gasteiger partial charge in [-0.3, -0.25) is 9.69 Å². The summed E-state index contributed by atoms with van der Waals surface area (Å²) in [5.41, 5.74) is 2.20. The number of benzene rings is 1. The van der Waals surface area contributed by atoms with Crippen molar-refractivity contribution in [3.05, 3.63) is 46.1 Å². The Morgan fingerprint density at radius 3 is 2.48 bits per heavy atom. The fourth-order valence-corrected chi connectivity index (χ4v) is 5.53. The number of carbonyl (C=O) groups excluding carboxylic acids is 1. The van der Waals surface area contributed by atoms with Gasteiger partial charge in [-0.25, -0.2) is 4.79 Å². The molecule has 1 saturated carbocycles. The first kappa shape index (κ1) is 25.6. The van der Waals surface area contributed by atoms with Gasteiger partial charge in [0.05, 0.1) is 11.5 Å². The van der Waals surface area contributed by atoms with E-state index in [2.05, 4.69) is 52.1 Å². The van der Waals surface area contributed by atoms with Gasteiger partial charge in [-0.15, -0.1) is 0 Å². The van der Waals surface area contributed by atoms with Gasteiger partial charge in [0.25, 0.3) is 0 Å². The molecule has 1 heterocycles. The highest BCUT2D eigenvalue weighted by molar-refractivity contribution is 6.31. The van der Waals surface area contributed by atoms with Gasteiger partial charge in [-0.1, -0.05) is 58.4 Å². The van der Waals surface area contributed by atoms with Crippen LogP contribution in [0.25, 0.3) is 0 Å². The maximum Gasteiger partial charge on any atom is 0.322 e. The number of hydrogen-bond acceptors (Lipinski definition) is 2. The number of aryl methyl sites for hydroxylation is 1. The molecule has 0 radical (unpaired) electrons. The van der Waals surface area contributed by atoms with Crippen molar-refractivity contribution in [1.82, 2.24) is 10.2 Å². The number of aliphatic carboxylic acids is 1. The molecule has 5 nitrogen and oxygen atoms in total. The standard InChI is InChI=1S/C27H39ClN2O3/c1-17(2)21-16-30(26(6)13-11-19(15-26)23(31)32)24(33)29-27(21,7)20-9-8-18(22(28)14-20)10-12-25(3,4)5/h8-9,14,16-17,19H,10-13,15H2,1-7H3,(H,29,33)(H,31,32)/t19?,26?,27-/m0/s1. The number of amides is 2. The van der Waals surface area contributed by atoms with Crippen LogP contribution in [0.5, 0.6) is 0 Å². The molecule has 2 amide bonds. The van der Waals surface area contributed by atoms with Crippen molar-refractivity contribution in [1.29, 1.82) is 0 Å². The van der Waals surface area contributed by atoms with E-state index in [4.69, 9.17) is 11.6 Å². The van der Waals surface area contributed by atoms with Crippen LogP contribution in [-0.4, -0.2) is 27.5 Å². The van der Waals surface area contributed by atoms with Crippen molar-refractivity contribution in [3.8, 4) is 0 Å². The molecule has 3 atom stereocenters. The third kappa shape index (κ3) is 5.24. The molecule has 1 aromatic carbocycles. The molecule has 2 aliphatic rings. The lowest BCUT2D eigenvalue weighted by Crippen LogP contribution is -2.59. The topological polar surface area (TPSA) is 69.6 Å². The number of rotatable bonds is 6. The molecule has 33 heavy (non-hydrogen) atoms. The number of carboxylic acids is 1. The van der Waals surface area contributed by atoms with E-state index in [1.54, 1.807) is 4.90 Å².